The molecule has 0 aliphatic heterocycles. The third-order valence-electron chi connectivity index (χ3n) is 3.73. The fourth-order valence-corrected chi connectivity index (χ4v) is 2.99. The number of hydrogen-bond donors (Lipinski definition) is 3. The zero-order valence-electron chi connectivity index (χ0n) is 16.5. The second kappa shape index (κ2) is 10.6. The van der Waals surface area contributed by atoms with Crippen LogP contribution in [-0.4, -0.2) is 60.8 Å². The quantitative estimate of drug-likeness (QED) is 0.603. The molecule has 0 saturated carbocycles. The first-order valence-corrected chi connectivity index (χ1v) is 10.7. The number of carbonyl (C=O) groups excluding carboxylic acids is 1. The van der Waals surface area contributed by atoms with Crippen molar-refractivity contribution < 1.29 is 23.1 Å². The van der Waals surface area contributed by atoms with Gasteiger partial charge < -0.3 is 16.2 Å². The average molecular weight is 420 g/mol. The van der Waals surface area contributed by atoms with Gasteiger partial charge in [0, 0.05) is 32.3 Å². The number of aliphatic carboxylic acids is 1. The lowest BCUT2D eigenvalue weighted by atomic mass is 10.0. The molecule has 1 aromatic rings. The molecule has 8 nitrogen and oxygen atoms in total. The van der Waals surface area contributed by atoms with Crippen LogP contribution >= 0.6 is 11.8 Å². The predicted octanol–water partition coefficient (Wildman–Crippen LogP) is 1.11. The molecule has 1 amide bonds. The van der Waals surface area contributed by atoms with Crippen LogP contribution in [0.15, 0.2) is 29.2 Å². The molecule has 0 saturated heterocycles. The van der Waals surface area contributed by atoms with Gasteiger partial charge in [-0.25, -0.2) is 12.7 Å². The Labute approximate surface area is 165 Å². The van der Waals surface area contributed by atoms with E-state index in [0.717, 1.165) is 16.8 Å². The number of thioether (sulfide) groups is 1. The van der Waals surface area contributed by atoms with E-state index < -0.39 is 22.0 Å². The Bertz CT molecular complexity index is 727. The van der Waals surface area contributed by atoms with E-state index in [0.29, 0.717) is 6.54 Å². The van der Waals surface area contributed by atoms with Crippen LogP contribution in [0.1, 0.15) is 26.3 Å². The molecule has 0 aliphatic carbocycles. The zero-order chi connectivity index (χ0) is 21.4. The molecule has 1 rings (SSSR count). The van der Waals surface area contributed by atoms with Gasteiger partial charge in [0.25, 0.3) is 5.97 Å². The number of nitrogens with zero attached hydrogens (tertiary/aromatic N) is 1. The number of amides is 1. The van der Waals surface area contributed by atoms with E-state index in [1.54, 1.807) is 12.1 Å². The van der Waals surface area contributed by atoms with Gasteiger partial charge in [-0.05, 0) is 37.8 Å². The highest BCUT2D eigenvalue weighted by atomic mass is 32.2. The molecule has 0 spiro atoms. The van der Waals surface area contributed by atoms with Gasteiger partial charge in [-0.15, -0.1) is 0 Å². The van der Waals surface area contributed by atoms with E-state index >= 15 is 0 Å². The molecule has 0 aromatic heterocycles. The summed E-state index contributed by atoms with van der Waals surface area (Å²) < 4.78 is 24.8. The van der Waals surface area contributed by atoms with Crippen molar-refractivity contribution in [2.24, 2.45) is 5.73 Å². The van der Waals surface area contributed by atoms with Crippen LogP contribution in [-0.2, 0) is 26.2 Å². The summed E-state index contributed by atoms with van der Waals surface area (Å²) in [6.45, 7) is 5.23. The van der Waals surface area contributed by atoms with Crippen LogP contribution in [0.25, 0.3) is 0 Å². The highest BCUT2D eigenvalue weighted by Crippen LogP contribution is 2.24. The van der Waals surface area contributed by atoms with E-state index in [9.17, 15) is 13.2 Å². The van der Waals surface area contributed by atoms with E-state index in [1.165, 1.54) is 38.0 Å². The molecule has 4 N–H and O–H groups in total. The standard InChI is InChI=1S/C15H25N3O3S2.C2H4O2/c1-15(2,22-5)13(16)14(19)17-10-11-6-8-12(9-7-11)23(20,21)18(3)4;1-2(3)4/h6-9,13H,10,16H2,1-5H3,(H,17,19);1H3,(H,3,4)/t13-;/m1./s1. The van der Waals surface area contributed by atoms with Crippen molar-refractivity contribution in [1.82, 2.24) is 9.62 Å². The first-order valence-electron chi connectivity index (χ1n) is 8.05. The summed E-state index contributed by atoms with van der Waals surface area (Å²) in [6, 6.07) is 5.81. The molecule has 1 atom stereocenters. The Balaban J connectivity index is 0.00000153. The summed E-state index contributed by atoms with van der Waals surface area (Å²) in [5, 5.41) is 10.2. The fraction of sp³-hybridized carbons (Fsp3) is 0.529. The zero-order valence-corrected chi connectivity index (χ0v) is 18.1. The number of hydrogen-bond acceptors (Lipinski definition) is 6. The maximum Gasteiger partial charge on any atom is 0.300 e. The molecule has 154 valence electrons. The minimum Gasteiger partial charge on any atom is -0.481 e. The summed E-state index contributed by atoms with van der Waals surface area (Å²) in [4.78, 5) is 21.3. The first kappa shape index (κ1) is 25.4. The Kier molecular flexibility index (Phi) is 10.0. The van der Waals surface area contributed by atoms with Gasteiger partial charge in [-0.1, -0.05) is 12.1 Å². The van der Waals surface area contributed by atoms with E-state index in [-0.39, 0.29) is 15.5 Å². The third kappa shape index (κ3) is 8.29. The Hall–Kier alpha value is -1.62. The molecule has 0 bridgehead atoms. The van der Waals surface area contributed by atoms with Gasteiger partial charge in [0.1, 0.15) is 0 Å². The Morgan fingerprint density at radius 3 is 2.07 bits per heavy atom. The summed E-state index contributed by atoms with van der Waals surface area (Å²) in [5.41, 5.74) is 6.78. The summed E-state index contributed by atoms with van der Waals surface area (Å²) >= 11 is 1.54. The van der Waals surface area contributed by atoms with Crippen molar-refractivity contribution >= 4 is 33.7 Å². The minimum atomic E-state index is -3.44. The molecule has 0 radical (unpaired) electrons. The van der Waals surface area contributed by atoms with Crippen molar-refractivity contribution in [2.75, 3.05) is 20.4 Å². The van der Waals surface area contributed by atoms with E-state index in [1.807, 2.05) is 20.1 Å². The molecule has 0 fully saturated rings. The van der Waals surface area contributed by atoms with Crippen LogP contribution in [0.4, 0.5) is 0 Å². The second-order valence-electron chi connectivity index (χ2n) is 6.45. The van der Waals surface area contributed by atoms with Gasteiger partial charge in [0.15, 0.2) is 0 Å². The first-order chi connectivity index (χ1) is 12.3. The second-order valence-corrected chi connectivity index (χ2v) is 10.1. The summed E-state index contributed by atoms with van der Waals surface area (Å²) in [7, 11) is -0.469. The average Bonchev–Trinajstić information content (AvgIpc) is 2.58. The normalized spacial score (nSPS) is 12.7. The number of carbonyl (C=O) groups is 2. The largest absolute Gasteiger partial charge is 0.481 e. The predicted molar refractivity (Wildman–Crippen MR) is 108 cm³/mol. The number of nitrogens with one attached hydrogen (secondary N) is 1. The van der Waals surface area contributed by atoms with Crippen LogP contribution < -0.4 is 11.1 Å². The van der Waals surface area contributed by atoms with Crippen LogP contribution in [0, 0.1) is 0 Å². The Morgan fingerprint density at radius 1 is 1.26 bits per heavy atom. The van der Waals surface area contributed by atoms with Crippen molar-refractivity contribution in [3.8, 4) is 0 Å². The lowest BCUT2D eigenvalue weighted by Crippen LogP contribution is -2.51. The summed E-state index contributed by atoms with van der Waals surface area (Å²) in [5.74, 6) is -1.06. The molecule has 27 heavy (non-hydrogen) atoms. The van der Waals surface area contributed by atoms with Gasteiger partial charge in [-0.2, -0.15) is 11.8 Å². The van der Waals surface area contributed by atoms with Gasteiger partial charge in [-0.3, -0.25) is 9.59 Å². The fourth-order valence-electron chi connectivity index (χ4n) is 1.73. The lowest BCUT2D eigenvalue weighted by molar-refractivity contribution is -0.134. The number of nitrogens with two attached hydrogens (primary N) is 1. The maximum absolute atomic E-state index is 12.1. The topological polar surface area (TPSA) is 130 Å². The molecule has 0 heterocycles. The Morgan fingerprint density at radius 2 is 1.70 bits per heavy atom. The van der Waals surface area contributed by atoms with Crippen molar-refractivity contribution in [3.63, 3.8) is 0 Å². The molecule has 0 aliphatic rings. The molecular formula is C17H29N3O5S2. The van der Waals surface area contributed by atoms with Crippen molar-refractivity contribution in [1.29, 1.82) is 0 Å². The summed E-state index contributed by atoms with van der Waals surface area (Å²) in [6.07, 6.45) is 1.91. The van der Waals surface area contributed by atoms with Crippen molar-refractivity contribution in [3.05, 3.63) is 29.8 Å². The van der Waals surface area contributed by atoms with Crippen molar-refractivity contribution in [2.45, 2.75) is 43.0 Å². The SMILES string of the molecule is CC(=O)O.CSC(C)(C)[C@H](N)C(=O)NCc1ccc(S(=O)(=O)N(C)C)cc1. The minimum absolute atomic E-state index is 0.220. The molecule has 1 aromatic carbocycles. The molecular weight excluding hydrogens is 390 g/mol. The van der Waals surface area contributed by atoms with Gasteiger partial charge in [0.2, 0.25) is 15.9 Å². The van der Waals surface area contributed by atoms with Crippen LogP contribution in [0.5, 0.6) is 0 Å². The highest BCUT2D eigenvalue weighted by molar-refractivity contribution is 8.00. The third-order valence-corrected chi connectivity index (χ3v) is 6.86. The number of benzene rings is 1. The number of sulfonamides is 1. The molecule has 0 unspecified atom stereocenters. The van der Waals surface area contributed by atoms with Gasteiger partial charge >= 0.3 is 0 Å². The monoisotopic (exact) mass is 419 g/mol. The van der Waals surface area contributed by atoms with E-state index in [4.69, 9.17) is 15.6 Å². The maximum atomic E-state index is 12.1. The smallest absolute Gasteiger partial charge is 0.300 e. The highest BCUT2D eigenvalue weighted by Gasteiger charge is 2.31. The number of carboxylic acid groups (broad SMARTS) is 1. The number of carboxylic acids is 1. The van der Waals surface area contributed by atoms with Gasteiger partial charge in [0.05, 0.1) is 10.9 Å². The van der Waals surface area contributed by atoms with E-state index in [2.05, 4.69) is 5.32 Å². The van der Waals surface area contributed by atoms with Crippen LogP contribution in [0.2, 0.25) is 0 Å². The molecule has 10 heteroatoms. The van der Waals surface area contributed by atoms with Crippen LogP contribution in [0.3, 0.4) is 0 Å². The lowest BCUT2D eigenvalue weighted by Gasteiger charge is -2.28. The number of rotatable bonds is 7.